The molecular weight excluding hydrogens is 817 g/mol. The molecule has 2 heteroatoms. The summed E-state index contributed by atoms with van der Waals surface area (Å²) in [4.78, 5) is 3.02. The molecule has 3 aromatic rings. The van der Waals surface area contributed by atoms with Gasteiger partial charge < -0.3 is 4.42 Å². The van der Waals surface area contributed by atoms with Gasteiger partial charge in [-0.3, -0.25) is 0 Å². The summed E-state index contributed by atoms with van der Waals surface area (Å²) in [6.45, 7) is 54.8. The van der Waals surface area contributed by atoms with Gasteiger partial charge in [-0.2, -0.15) is 0 Å². The zero-order chi connectivity index (χ0) is 50.6. The van der Waals surface area contributed by atoms with E-state index in [1.54, 1.807) is 0 Å². The van der Waals surface area contributed by atoms with Crippen molar-refractivity contribution in [2.24, 2.45) is 64.6 Å². The lowest BCUT2D eigenvalue weighted by Crippen LogP contribution is -2.39. The number of hydrogen-bond donors (Lipinski definition) is 0. The second-order valence-electron chi connectivity index (χ2n) is 25.1. The van der Waals surface area contributed by atoms with Crippen molar-refractivity contribution < 1.29 is 4.42 Å². The van der Waals surface area contributed by atoms with E-state index in [-0.39, 0.29) is 0 Å². The Hall–Kier alpha value is -1.80. The van der Waals surface area contributed by atoms with Gasteiger partial charge in [0, 0.05) is 21.6 Å². The van der Waals surface area contributed by atoms with Gasteiger partial charge in [-0.05, 0) is 175 Å². The van der Waals surface area contributed by atoms with E-state index in [4.69, 9.17) is 4.42 Å². The predicted octanol–water partition coefficient (Wildman–Crippen LogP) is 22.4. The van der Waals surface area contributed by atoms with Gasteiger partial charge in [0.05, 0.1) is 0 Å². The maximum Gasteiger partial charge on any atom is 0.106 e. The van der Waals surface area contributed by atoms with Crippen LogP contribution in [0.25, 0.3) is 0 Å². The molecule has 0 aliphatic heterocycles. The van der Waals surface area contributed by atoms with Crippen molar-refractivity contribution in [2.45, 2.75) is 259 Å². The minimum atomic E-state index is 0.502. The summed E-state index contributed by atoms with van der Waals surface area (Å²) in [6.07, 6.45) is 13.4. The van der Waals surface area contributed by atoms with Crippen LogP contribution < -0.4 is 0 Å². The standard InChI is InChI=1S/C12H24.C12H18.C10H16O.C10H16S.2C10H20/c2*1-9(2)11-5-7-12(8-6-11)10(3)4;2*1-7(2)9-5-6-10(11-9)8(3)4;1-7(2)9-5-10(6-9)8(3)4;1-8(2)10(9(3)4)6-5-7-10/h9-12H,5-8H2,1-4H3;5-10H,1-4H3;2*5-8H,1-4H3;7-10H,5-6H2,1-4H3;8-9H,5-7H2,1-4H3. The van der Waals surface area contributed by atoms with E-state index < -0.39 is 0 Å². The first-order valence-electron chi connectivity index (χ1n) is 27.9. The molecule has 3 fully saturated rings. The molecule has 0 spiro atoms. The summed E-state index contributed by atoms with van der Waals surface area (Å²) in [6, 6.07) is 17.6. The molecular formula is C64H114OS. The van der Waals surface area contributed by atoms with Gasteiger partial charge in [0.1, 0.15) is 11.5 Å². The summed E-state index contributed by atoms with van der Waals surface area (Å²) in [5.41, 5.74) is 3.58. The first-order valence-corrected chi connectivity index (χ1v) is 28.7. The molecule has 1 aromatic carbocycles. The second kappa shape index (κ2) is 30.7. The van der Waals surface area contributed by atoms with Crippen LogP contribution in [-0.4, -0.2) is 0 Å². The lowest BCUT2D eigenvalue weighted by molar-refractivity contribution is 0.0135. The number of thiophene rings is 1. The fourth-order valence-electron chi connectivity index (χ4n) is 9.93. The van der Waals surface area contributed by atoms with Crippen molar-refractivity contribution in [3.05, 3.63) is 80.9 Å². The highest BCUT2D eigenvalue weighted by Gasteiger charge is 2.42. The molecule has 0 saturated heterocycles. The molecule has 2 heterocycles. The Bertz CT molecular complexity index is 1460. The summed E-state index contributed by atoms with van der Waals surface area (Å²) >= 11 is 1.95. The number of hydrogen-bond acceptors (Lipinski definition) is 2. The van der Waals surface area contributed by atoms with Crippen LogP contribution in [0.2, 0.25) is 0 Å². The summed E-state index contributed by atoms with van der Waals surface area (Å²) in [5.74, 6) is 15.5. The van der Waals surface area contributed by atoms with Crippen molar-refractivity contribution in [2.75, 3.05) is 0 Å². The van der Waals surface area contributed by atoms with E-state index in [0.717, 1.165) is 76.1 Å². The van der Waals surface area contributed by atoms with Crippen LogP contribution in [-0.2, 0) is 0 Å². The molecule has 66 heavy (non-hydrogen) atoms. The van der Waals surface area contributed by atoms with E-state index in [2.05, 4.69) is 215 Å². The third-order valence-electron chi connectivity index (χ3n) is 16.2. The van der Waals surface area contributed by atoms with Crippen LogP contribution in [0.1, 0.15) is 292 Å². The van der Waals surface area contributed by atoms with Gasteiger partial charge in [0.15, 0.2) is 0 Å². The molecule has 0 amide bonds. The molecule has 3 aliphatic rings. The van der Waals surface area contributed by atoms with E-state index in [1.165, 1.54) is 78.7 Å². The Morgan fingerprint density at radius 3 is 0.833 bits per heavy atom. The largest absolute Gasteiger partial charge is 0.466 e. The maximum atomic E-state index is 5.61. The second-order valence-corrected chi connectivity index (χ2v) is 26.3. The quantitative estimate of drug-likeness (QED) is 0.176. The molecule has 3 saturated carbocycles. The van der Waals surface area contributed by atoms with Crippen LogP contribution in [0.15, 0.2) is 52.9 Å². The SMILES string of the molecule is CC(C)C1(C(C)C)CCC1.CC(C)C1CC(C(C)C)C1.CC(C)C1CCC(C(C)C)CC1.CC(C)c1ccc(C(C)C)cc1.CC(C)c1ccc(C(C)C)o1.CC(C)c1ccc(C(C)C)s1. The lowest BCUT2D eigenvalue weighted by atomic mass is 9.56. The molecule has 0 bridgehead atoms. The first-order chi connectivity index (χ1) is 30.6. The van der Waals surface area contributed by atoms with E-state index in [0.29, 0.717) is 35.5 Å². The lowest BCUT2D eigenvalue weighted by Gasteiger charge is -2.49. The third kappa shape index (κ3) is 21.5. The Balaban J connectivity index is 0.000000397. The number of furan rings is 1. The van der Waals surface area contributed by atoms with Gasteiger partial charge in [0.2, 0.25) is 0 Å². The molecule has 0 unspecified atom stereocenters. The monoisotopic (exact) mass is 931 g/mol. The highest BCUT2D eigenvalue weighted by atomic mass is 32.1. The number of benzene rings is 1. The third-order valence-corrected chi connectivity index (χ3v) is 17.9. The van der Waals surface area contributed by atoms with Crippen LogP contribution in [0.3, 0.4) is 0 Å². The van der Waals surface area contributed by atoms with Crippen molar-refractivity contribution in [3.8, 4) is 0 Å². The molecule has 3 aliphatic carbocycles. The average Bonchev–Trinajstić information content (AvgIpc) is 3.90. The highest BCUT2D eigenvalue weighted by molar-refractivity contribution is 7.12. The predicted molar refractivity (Wildman–Crippen MR) is 301 cm³/mol. The van der Waals surface area contributed by atoms with Crippen LogP contribution in [0.4, 0.5) is 0 Å². The van der Waals surface area contributed by atoms with Crippen molar-refractivity contribution in [1.82, 2.24) is 0 Å². The van der Waals surface area contributed by atoms with E-state index in [9.17, 15) is 0 Å². The van der Waals surface area contributed by atoms with Gasteiger partial charge in [-0.25, -0.2) is 0 Å². The van der Waals surface area contributed by atoms with Crippen molar-refractivity contribution >= 4 is 11.3 Å². The minimum absolute atomic E-state index is 0.502. The summed E-state index contributed by atoms with van der Waals surface area (Å²) < 4.78 is 5.61. The van der Waals surface area contributed by atoms with Gasteiger partial charge in [0.25, 0.3) is 0 Å². The Morgan fingerprint density at radius 1 is 0.379 bits per heavy atom. The normalized spacial score (nSPS) is 20.1. The molecule has 6 rings (SSSR count). The van der Waals surface area contributed by atoms with Gasteiger partial charge in [-0.15, -0.1) is 11.3 Å². The molecule has 0 radical (unpaired) electrons. The van der Waals surface area contributed by atoms with Crippen LogP contribution >= 0.6 is 11.3 Å². The molecule has 0 N–H and O–H groups in total. The first kappa shape index (κ1) is 62.2. The molecule has 2 aromatic heterocycles. The fourth-order valence-corrected chi connectivity index (χ4v) is 10.9. The smallest absolute Gasteiger partial charge is 0.106 e. The van der Waals surface area contributed by atoms with Crippen LogP contribution in [0.5, 0.6) is 0 Å². The molecule has 0 atom stereocenters. The Labute approximate surface area is 418 Å². The zero-order valence-corrected chi connectivity index (χ0v) is 49.4. The highest BCUT2D eigenvalue weighted by Crippen LogP contribution is 2.52. The van der Waals surface area contributed by atoms with Gasteiger partial charge in [-0.1, -0.05) is 197 Å². The minimum Gasteiger partial charge on any atom is -0.466 e. The maximum absolute atomic E-state index is 5.61. The molecule has 382 valence electrons. The zero-order valence-electron chi connectivity index (χ0n) is 48.5. The van der Waals surface area contributed by atoms with E-state index >= 15 is 0 Å². The topological polar surface area (TPSA) is 13.1 Å². The summed E-state index contributed by atoms with van der Waals surface area (Å²) in [7, 11) is 0. The van der Waals surface area contributed by atoms with Gasteiger partial charge >= 0.3 is 0 Å². The van der Waals surface area contributed by atoms with Crippen LogP contribution in [0, 0.1) is 64.6 Å². The average molecular weight is 932 g/mol. The molecule has 1 nitrogen and oxygen atoms in total. The Morgan fingerprint density at radius 2 is 0.682 bits per heavy atom. The summed E-state index contributed by atoms with van der Waals surface area (Å²) in [5, 5.41) is 0. The Kier molecular flexibility index (Phi) is 29.0. The fraction of sp³-hybridized carbons (Fsp3) is 0.781. The van der Waals surface area contributed by atoms with Crippen molar-refractivity contribution in [3.63, 3.8) is 0 Å². The van der Waals surface area contributed by atoms with Crippen molar-refractivity contribution in [1.29, 1.82) is 0 Å². The number of rotatable bonds is 12. The van der Waals surface area contributed by atoms with E-state index in [1.807, 2.05) is 11.3 Å².